The van der Waals surface area contributed by atoms with Crippen molar-refractivity contribution < 1.29 is 23.6 Å². The number of carbonyl (C=O) groups is 1. The fraction of sp³-hybridized carbons (Fsp3) is 0.588. The molecule has 0 bridgehead atoms. The number of nitrogens with one attached hydrogen (secondary N) is 2. The van der Waals surface area contributed by atoms with Gasteiger partial charge in [0, 0.05) is 24.3 Å². The molecule has 1 fully saturated rings. The predicted molar refractivity (Wildman–Crippen MR) is 93.8 cm³/mol. The second-order valence-electron chi connectivity index (χ2n) is 6.88. The summed E-state index contributed by atoms with van der Waals surface area (Å²) in [4.78, 5) is 11.1. The fourth-order valence-electron chi connectivity index (χ4n) is 3.47. The molecule has 25 heavy (non-hydrogen) atoms. The molecule has 7 nitrogen and oxygen atoms in total. The van der Waals surface area contributed by atoms with Crippen LogP contribution in [0.3, 0.4) is 0 Å². The van der Waals surface area contributed by atoms with Gasteiger partial charge in [-0.3, -0.25) is 0 Å². The summed E-state index contributed by atoms with van der Waals surface area (Å²) in [5.74, 6) is -0.369. The standard InChI is InChI=1S/C17H24N2O5S/c1-17(2)23-9-12(24-17)8-18-25(22)10-14-13-6-4-3-5-11(13)7-15(14)19-16(20)21/h3-6,12,14-15,18-19H,7-10H2,1-2H3,(H,20,21)/t12?,14-,15-,25?/m1/s1. The van der Waals surface area contributed by atoms with Crippen LogP contribution in [0.25, 0.3) is 0 Å². The highest BCUT2D eigenvalue weighted by Crippen LogP contribution is 2.33. The lowest BCUT2D eigenvalue weighted by atomic mass is 10.0. The number of hydrogen-bond donors (Lipinski definition) is 3. The molecule has 1 aromatic rings. The Morgan fingerprint density at radius 1 is 1.40 bits per heavy atom. The Hall–Kier alpha value is -1.48. The molecule has 4 atom stereocenters. The maximum Gasteiger partial charge on any atom is 0.404 e. The summed E-state index contributed by atoms with van der Waals surface area (Å²) < 4.78 is 26.7. The molecule has 1 amide bonds. The molecular formula is C17H24N2O5S. The average Bonchev–Trinajstić information content (AvgIpc) is 3.05. The van der Waals surface area contributed by atoms with E-state index in [1.54, 1.807) is 0 Å². The van der Waals surface area contributed by atoms with Crippen molar-refractivity contribution in [1.29, 1.82) is 0 Å². The topological polar surface area (TPSA) is 96.9 Å². The van der Waals surface area contributed by atoms with Crippen molar-refractivity contribution in [2.24, 2.45) is 0 Å². The minimum Gasteiger partial charge on any atom is -0.465 e. The van der Waals surface area contributed by atoms with Gasteiger partial charge >= 0.3 is 6.09 Å². The van der Waals surface area contributed by atoms with Crippen molar-refractivity contribution in [2.45, 2.75) is 44.1 Å². The van der Waals surface area contributed by atoms with Crippen molar-refractivity contribution in [2.75, 3.05) is 18.9 Å². The van der Waals surface area contributed by atoms with Gasteiger partial charge in [-0.15, -0.1) is 0 Å². The van der Waals surface area contributed by atoms with Gasteiger partial charge in [0.25, 0.3) is 0 Å². The first-order valence-corrected chi connectivity index (χ1v) is 9.67. The summed E-state index contributed by atoms with van der Waals surface area (Å²) in [7, 11) is -1.29. The molecule has 1 saturated heterocycles. The molecule has 2 unspecified atom stereocenters. The van der Waals surface area contributed by atoms with E-state index in [2.05, 4.69) is 10.0 Å². The number of hydrogen-bond acceptors (Lipinski definition) is 4. The Morgan fingerprint density at radius 3 is 2.84 bits per heavy atom. The maximum atomic E-state index is 12.5. The first-order chi connectivity index (χ1) is 11.8. The summed E-state index contributed by atoms with van der Waals surface area (Å²) in [6.45, 7) is 4.59. The van der Waals surface area contributed by atoms with Gasteiger partial charge in [0.2, 0.25) is 0 Å². The van der Waals surface area contributed by atoms with E-state index in [0.717, 1.165) is 11.1 Å². The van der Waals surface area contributed by atoms with Gasteiger partial charge in [0.1, 0.15) is 0 Å². The lowest BCUT2D eigenvalue weighted by Crippen LogP contribution is -2.40. The van der Waals surface area contributed by atoms with Gasteiger partial charge < -0.3 is 19.9 Å². The van der Waals surface area contributed by atoms with Crippen molar-refractivity contribution >= 4 is 17.1 Å². The molecule has 0 aromatic heterocycles. The molecule has 3 N–H and O–H groups in total. The smallest absolute Gasteiger partial charge is 0.404 e. The van der Waals surface area contributed by atoms with Gasteiger partial charge in [-0.25, -0.2) is 13.7 Å². The van der Waals surface area contributed by atoms with Crippen LogP contribution < -0.4 is 10.0 Å². The van der Waals surface area contributed by atoms with Crippen LogP contribution >= 0.6 is 0 Å². The lowest BCUT2D eigenvalue weighted by molar-refractivity contribution is -0.137. The molecule has 0 saturated carbocycles. The average molecular weight is 368 g/mol. The second kappa shape index (κ2) is 7.41. The molecule has 1 aliphatic carbocycles. The number of ether oxygens (including phenoxy) is 2. The lowest BCUT2D eigenvalue weighted by Gasteiger charge is -2.21. The zero-order chi connectivity index (χ0) is 18.0. The normalized spacial score (nSPS) is 28.5. The quantitative estimate of drug-likeness (QED) is 0.705. The van der Waals surface area contributed by atoms with E-state index >= 15 is 0 Å². The Labute approximate surface area is 149 Å². The molecule has 3 rings (SSSR count). The van der Waals surface area contributed by atoms with Gasteiger partial charge in [-0.2, -0.15) is 0 Å². The molecular weight excluding hydrogens is 344 g/mol. The van der Waals surface area contributed by atoms with E-state index in [9.17, 15) is 9.00 Å². The van der Waals surface area contributed by atoms with Crippen molar-refractivity contribution in [3.05, 3.63) is 35.4 Å². The van der Waals surface area contributed by atoms with Crippen LogP contribution in [-0.2, 0) is 26.9 Å². The van der Waals surface area contributed by atoms with E-state index in [1.807, 2.05) is 38.1 Å². The van der Waals surface area contributed by atoms with Crippen LogP contribution in [0.5, 0.6) is 0 Å². The molecule has 138 valence electrons. The number of carboxylic acid groups (broad SMARTS) is 1. The summed E-state index contributed by atoms with van der Waals surface area (Å²) in [6, 6.07) is 7.58. The number of rotatable bonds is 6. The minimum atomic E-state index is -1.29. The third-order valence-electron chi connectivity index (χ3n) is 4.56. The predicted octanol–water partition coefficient (Wildman–Crippen LogP) is 1.37. The Bertz CT molecular complexity index is 666. The van der Waals surface area contributed by atoms with E-state index in [1.165, 1.54) is 0 Å². The zero-order valence-electron chi connectivity index (χ0n) is 14.4. The van der Waals surface area contributed by atoms with Crippen LogP contribution in [0.15, 0.2) is 24.3 Å². The van der Waals surface area contributed by atoms with Gasteiger partial charge in [-0.05, 0) is 31.4 Å². The number of amides is 1. The summed E-state index contributed by atoms with van der Waals surface area (Å²) in [5.41, 5.74) is 2.18. The van der Waals surface area contributed by atoms with Gasteiger partial charge in [0.05, 0.1) is 23.7 Å². The highest BCUT2D eigenvalue weighted by Gasteiger charge is 2.35. The number of benzene rings is 1. The van der Waals surface area contributed by atoms with E-state index in [4.69, 9.17) is 14.6 Å². The molecule has 8 heteroatoms. The third kappa shape index (κ3) is 4.58. The Kier molecular flexibility index (Phi) is 5.43. The largest absolute Gasteiger partial charge is 0.465 e. The summed E-state index contributed by atoms with van der Waals surface area (Å²) in [6.07, 6.45) is -0.569. The van der Waals surface area contributed by atoms with Crippen LogP contribution in [0.2, 0.25) is 0 Å². The van der Waals surface area contributed by atoms with E-state index in [0.29, 0.717) is 25.3 Å². The highest BCUT2D eigenvalue weighted by molar-refractivity contribution is 7.83. The third-order valence-corrected chi connectivity index (χ3v) is 5.71. The van der Waals surface area contributed by atoms with Gasteiger partial charge in [-0.1, -0.05) is 24.3 Å². The van der Waals surface area contributed by atoms with E-state index in [-0.39, 0.29) is 18.1 Å². The minimum absolute atomic E-state index is 0.113. The maximum absolute atomic E-state index is 12.5. The van der Waals surface area contributed by atoms with Crippen LogP contribution in [0.4, 0.5) is 4.79 Å². The van der Waals surface area contributed by atoms with Crippen LogP contribution in [0.1, 0.15) is 30.9 Å². The van der Waals surface area contributed by atoms with Crippen molar-refractivity contribution in [3.63, 3.8) is 0 Å². The first kappa shape index (κ1) is 18.3. The van der Waals surface area contributed by atoms with Crippen molar-refractivity contribution in [3.8, 4) is 0 Å². The summed E-state index contributed by atoms with van der Waals surface area (Å²) >= 11 is 0. The van der Waals surface area contributed by atoms with Crippen LogP contribution in [0, 0.1) is 0 Å². The molecule has 1 aromatic carbocycles. The molecule has 1 aliphatic heterocycles. The van der Waals surface area contributed by atoms with Gasteiger partial charge in [0.15, 0.2) is 5.79 Å². The molecule has 0 radical (unpaired) electrons. The molecule has 2 aliphatic rings. The highest BCUT2D eigenvalue weighted by atomic mass is 32.2. The van der Waals surface area contributed by atoms with Crippen LogP contribution in [-0.4, -0.2) is 52.2 Å². The molecule has 0 spiro atoms. The SMILES string of the molecule is CC1(C)OCC(CNS(=O)C[C@@H]2c3ccccc3C[C@H]2NC(=O)O)O1. The van der Waals surface area contributed by atoms with E-state index < -0.39 is 22.9 Å². The first-order valence-electron chi connectivity index (χ1n) is 8.35. The number of fused-ring (bicyclic) bond motifs is 1. The fourth-order valence-corrected chi connectivity index (χ4v) is 4.69. The van der Waals surface area contributed by atoms with Crippen molar-refractivity contribution in [1.82, 2.24) is 10.0 Å². The zero-order valence-corrected chi connectivity index (χ0v) is 15.2. The second-order valence-corrected chi connectivity index (χ2v) is 8.19. The Morgan fingerprint density at radius 2 is 2.16 bits per heavy atom. The molecule has 1 heterocycles. The summed E-state index contributed by atoms with van der Waals surface area (Å²) in [5, 5.41) is 11.6. The monoisotopic (exact) mass is 368 g/mol. The Balaban J connectivity index is 1.59.